The lowest BCUT2D eigenvalue weighted by Gasteiger charge is -2.56. The molecule has 0 aliphatic heterocycles. The highest BCUT2D eigenvalue weighted by Crippen LogP contribution is 2.60. The van der Waals surface area contributed by atoms with Crippen molar-refractivity contribution in [2.45, 2.75) is 58.3 Å². The highest BCUT2D eigenvalue weighted by atomic mass is 16.5. The molecule has 4 bridgehead atoms. The van der Waals surface area contributed by atoms with Gasteiger partial charge in [-0.3, -0.25) is 4.79 Å². The largest absolute Gasteiger partial charge is 0.465 e. The number of rotatable bonds is 7. The highest BCUT2D eigenvalue weighted by Gasteiger charge is 2.51. The molecule has 0 radical (unpaired) electrons. The predicted octanol–water partition coefficient (Wildman–Crippen LogP) is 3.65. The fourth-order valence-corrected chi connectivity index (χ4v) is 5.28. The summed E-state index contributed by atoms with van der Waals surface area (Å²) in [6, 6.07) is 0. The van der Waals surface area contributed by atoms with Crippen molar-refractivity contribution < 1.29 is 19.1 Å². The summed E-state index contributed by atoms with van der Waals surface area (Å²) in [6.07, 6.45) is 8.80. The van der Waals surface area contributed by atoms with E-state index in [1.165, 1.54) is 38.5 Å². The molecule has 4 aliphatic carbocycles. The lowest BCUT2D eigenvalue weighted by atomic mass is 9.50. The molecule has 4 heteroatoms. The second kappa shape index (κ2) is 6.66. The Morgan fingerprint density at radius 1 is 1.04 bits per heavy atom. The van der Waals surface area contributed by atoms with Gasteiger partial charge in [0.2, 0.25) is 0 Å². The summed E-state index contributed by atoms with van der Waals surface area (Å²) < 4.78 is 10.6. The van der Waals surface area contributed by atoms with Crippen LogP contribution in [0, 0.1) is 23.2 Å². The van der Waals surface area contributed by atoms with Gasteiger partial charge in [-0.05, 0) is 69.6 Å². The average molecular weight is 320 g/mol. The van der Waals surface area contributed by atoms with Crippen LogP contribution in [0.4, 0.5) is 0 Å². The normalized spacial score (nSPS) is 34.2. The van der Waals surface area contributed by atoms with Gasteiger partial charge >= 0.3 is 11.9 Å². The van der Waals surface area contributed by atoms with Crippen LogP contribution >= 0.6 is 0 Å². The summed E-state index contributed by atoms with van der Waals surface area (Å²) in [5, 5.41) is 0. The molecule has 0 saturated heterocycles. The molecule has 0 aromatic heterocycles. The van der Waals surface area contributed by atoms with Crippen LogP contribution in [0.25, 0.3) is 0 Å². The molecule has 4 nitrogen and oxygen atoms in total. The SMILES string of the molecule is C=C(C)C(=O)OCCCC(=O)OCC12CC3CC(CC(C3)C1)C2. The van der Waals surface area contributed by atoms with E-state index in [-0.39, 0.29) is 18.0 Å². The third-order valence-corrected chi connectivity index (χ3v) is 5.81. The van der Waals surface area contributed by atoms with Gasteiger partial charge in [0.05, 0.1) is 13.2 Å². The van der Waals surface area contributed by atoms with Crippen molar-refractivity contribution in [1.29, 1.82) is 0 Å². The lowest BCUT2D eigenvalue weighted by molar-refractivity contribution is -0.156. The zero-order chi connectivity index (χ0) is 16.4. The van der Waals surface area contributed by atoms with Crippen LogP contribution in [-0.2, 0) is 19.1 Å². The zero-order valence-electron chi connectivity index (χ0n) is 14.1. The lowest BCUT2D eigenvalue weighted by Crippen LogP contribution is -2.48. The molecule has 0 aromatic carbocycles. The number of hydrogen-bond acceptors (Lipinski definition) is 4. The van der Waals surface area contributed by atoms with Gasteiger partial charge in [-0.2, -0.15) is 0 Å². The van der Waals surface area contributed by atoms with Crippen molar-refractivity contribution in [1.82, 2.24) is 0 Å². The van der Waals surface area contributed by atoms with E-state index >= 15 is 0 Å². The monoisotopic (exact) mass is 320 g/mol. The quantitative estimate of drug-likeness (QED) is 0.408. The fraction of sp³-hybridized carbons (Fsp3) is 0.789. The van der Waals surface area contributed by atoms with E-state index in [9.17, 15) is 9.59 Å². The predicted molar refractivity (Wildman–Crippen MR) is 86.6 cm³/mol. The summed E-state index contributed by atoms with van der Waals surface area (Å²) in [7, 11) is 0. The number of carbonyl (C=O) groups excluding carboxylic acids is 2. The smallest absolute Gasteiger partial charge is 0.333 e. The Morgan fingerprint density at radius 2 is 1.61 bits per heavy atom. The molecule has 4 saturated carbocycles. The molecule has 4 aliphatic rings. The molecule has 23 heavy (non-hydrogen) atoms. The van der Waals surface area contributed by atoms with Crippen molar-refractivity contribution >= 4 is 11.9 Å². The maximum absolute atomic E-state index is 11.9. The minimum absolute atomic E-state index is 0.160. The Hall–Kier alpha value is -1.32. The third-order valence-electron chi connectivity index (χ3n) is 5.81. The molecule has 0 N–H and O–H groups in total. The van der Waals surface area contributed by atoms with Crippen LogP contribution in [0.15, 0.2) is 12.2 Å². The molecular weight excluding hydrogens is 292 g/mol. The number of esters is 2. The number of ether oxygens (including phenoxy) is 2. The molecule has 0 atom stereocenters. The average Bonchev–Trinajstić information content (AvgIpc) is 2.48. The minimum Gasteiger partial charge on any atom is -0.465 e. The van der Waals surface area contributed by atoms with Crippen LogP contribution in [0.2, 0.25) is 0 Å². The molecule has 0 spiro atoms. The topological polar surface area (TPSA) is 52.6 Å². The van der Waals surface area contributed by atoms with Gasteiger partial charge < -0.3 is 9.47 Å². The van der Waals surface area contributed by atoms with Crippen molar-refractivity contribution in [3.05, 3.63) is 12.2 Å². The summed E-state index contributed by atoms with van der Waals surface area (Å²) in [4.78, 5) is 23.2. The molecule has 128 valence electrons. The fourth-order valence-electron chi connectivity index (χ4n) is 5.28. The number of carbonyl (C=O) groups is 2. The summed E-state index contributed by atoms with van der Waals surface area (Å²) >= 11 is 0. The van der Waals surface area contributed by atoms with Gasteiger partial charge in [0.25, 0.3) is 0 Å². The van der Waals surface area contributed by atoms with Crippen molar-refractivity contribution in [3.63, 3.8) is 0 Å². The van der Waals surface area contributed by atoms with E-state index in [0.29, 0.717) is 25.0 Å². The molecule has 0 unspecified atom stereocenters. The van der Waals surface area contributed by atoms with Gasteiger partial charge in [-0.25, -0.2) is 4.79 Å². The Labute approximate surface area is 138 Å². The maximum Gasteiger partial charge on any atom is 0.333 e. The van der Waals surface area contributed by atoms with E-state index in [1.54, 1.807) is 6.92 Å². The first-order chi connectivity index (χ1) is 11.0. The van der Waals surface area contributed by atoms with E-state index in [0.717, 1.165) is 17.8 Å². The molecule has 4 fully saturated rings. The molecule has 0 heterocycles. The molecule has 0 amide bonds. The van der Waals surface area contributed by atoms with Crippen molar-refractivity contribution in [3.8, 4) is 0 Å². The molecule has 4 rings (SSSR count). The van der Waals surface area contributed by atoms with Gasteiger partial charge in [0, 0.05) is 17.4 Å². The Balaban J connectivity index is 1.36. The van der Waals surface area contributed by atoms with Gasteiger partial charge in [-0.1, -0.05) is 6.58 Å². The summed E-state index contributed by atoms with van der Waals surface area (Å²) in [5.74, 6) is 2.07. The van der Waals surface area contributed by atoms with Gasteiger partial charge in [0.1, 0.15) is 0 Å². The van der Waals surface area contributed by atoms with Crippen LogP contribution < -0.4 is 0 Å². The first-order valence-electron chi connectivity index (χ1n) is 8.94. The highest BCUT2D eigenvalue weighted by molar-refractivity contribution is 5.86. The van der Waals surface area contributed by atoms with Crippen LogP contribution in [0.5, 0.6) is 0 Å². The van der Waals surface area contributed by atoms with E-state index in [2.05, 4.69) is 6.58 Å². The minimum atomic E-state index is -0.396. The second-order valence-electron chi connectivity index (χ2n) is 8.10. The summed E-state index contributed by atoms with van der Waals surface area (Å²) in [5.41, 5.74) is 0.658. The zero-order valence-corrected chi connectivity index (χ0v) is 14.1. The molecule has 0 aromatic rings. The first-order valence-corrected chi connectivity index (χ1v) is 8.94. The van der Waals surface area contributed by atoms with Crippen LogP contribution in [0.1, 0.15) is 58.3 Å². The van der Waals surface area contributed by atoms with Crippen molar-refractivity contribution in [2.75, 3.05) is 13.2 Å². The van der Waals surface area contributed by atoms with Crippen LogP contribution in [0.3, 0.4) is 0 Å². The number of hydrogen-bond donors (Lipinski definition) is 0. The Bertz CT molecular complexity index is 458. The van der Waals surface area contributed by atoms with Crippen LogP contribution in [-0.4, -0.2) is 25.2 Å². The Kier molecular flexibility index (Phi) is 4.79. The van der Waals surface area contributed by atoms with Crippen molar-refractivity contribution in [2.24, 2.45) is 23.2 Å². The second-order valence-corrected chi connectivity index (χ2v) is 8.10. The van der Waals surface area contributed by atoms with Gasteiger partial charge in [-0.15, -0.1) is 0 Å². The third kappa shape index (κ3) is 3.96. The van der Waals surface area contributed by atoms with E-state index in [4.69, 9.17) is 9.47 Å². The maximum atomic E-state index is 11.9. The van der Waals surface area contributed by atoms with E-state index < -0.39 is 5.97 Å². The first kappa shape index (κ1) is 16.5. The van der Waals surface area contributed by atoms with E-state index in [1.807, 2.05) is 0 Å². The molecular formula is C19H28O4. The Morgan fingerprint density at radius 3 is 2.13 bits per heavy atom. The summed E-state index contributed by atoms with van der Waals surface area (Å²) in [6.45, 7) is 5.98. The standard InChI is InChI=1S/C19H28O4/c1-13(2)18(21)22-5-3-4-17(20)23-12-19-9-14-6-15(10-19)8-16(7-14)11-19/h14-16H,1,3-12H2,2H3. The van der Waals surface area contributed by atoms with Gasteiger partial charge in [0.15, 0.2) is 0 Å².